The summed E-state index contributed by atoms with van der Waals surface area (Å²) in [4.78, 5) is 0. The molecule has 0 unspecified atom stereocenters. The molecular formula is C14H15BO4S. The Bertz CT molecular complexity index is 676. The fraction of sp³-hybridized carbons (Fsp3) is 0.143. The molecule has 0 spiro atoms. The normalized spacial score (nSPS) is 11.3. The van der Waals surface area contributed by atoms with Crippen molar-refractivity contribution in [2.75, 3.05) is 6.26 Å². The summed E-state index contributed by atoms with van der Waals surface area (Å²) in [6.07, 6.45) is 1.21. The molecule has 0 aliphatic heterocycles. The Morgan fingerprint density at radius 1 is 0.900 bits per heavy atom. The molecule has 6 heteroatoms. The second-order valence-electron chi connectivity index (χ2n) is 4.76. The molecule has 2 rings (SSSR count). The number of benzene rings is 2. The van der Waals surface area contributed by atoms with Crippen molar-refractivity contribution in [1.29, 1.82) is 0 Å². The summed E-state index contributed by atoms with van der Waals surface area (Å²) in [5.41, 5.74) is 3.06. The van der Waals surface area contributed by atoms with Gasteiger partial charge in [-0.05, 0) is 22.2 Å². The quantitative estimate of drug-likeness (QED) is 0.808. The van der Waals surface area contributed by atoms with Crippen molar-refractivity contribution in [3.63, 3.8) is 0 Å². The zero-order valence-corrected chi connectivity index (χ0v) is 11.8. The van der Waals surface area contributed by atoms with Crippen LogP contribution in [0.25, 0.3) is 11.1 Å². The van der Waals surface area contributed by atoms with Crippen LogP contribution in [-0.2, 0) is 15.6 Å². The summed E-state index contributed by atoms with van der Waals surface area (Å²) in [6, 6.07) is 14.1. The summed E-state index contributed by atoms with van der Waals surface area (Å²) in [5, 5.41) is 18.1. The van der Waals surface area contributed by atoms with Gasteiger partial charge in [-0.15, -0.1) is 0 Å². The highest BCUT2D eigenvalue weighted by atomic mass is 32.2. The van der Waals surface area contributed by atoms with E-state index in [9.17, 15) is 8.42 Å². The van der Waals surface area contributed by atoms with Gasteiger partial charge in [-0.2, -0.15) is 0 Å². The Labute approximate surface area is 118 Å². The minimum atomic E-state index is -3.03. The molecule has 2 aromatic carbocycles. The zero-order valence-electron chi connectivity index (χ0n) is 11.0. The Morgan fingerprint density at radius 3 is 1.75 bits per heavy atom. The van der Waals surface area contributed by atoms with Crippen molar-refractivity contribution >= 4 is 22.4 Å². The standard InChI is InChI=1S/C14H15BO4S/c1-20(18,19)10-11-2-4-12(5-3-11)13-6-8-14(9-7-13)15(16)17/h2-9,16-17H,10H2,1H3. The van der Waals surface area contributed by atoms with E-state index < -0.39 is 17.0 Å². The molecule has 20 heavy (non-hydrogen) atoms. The van der Waals surface area contributed by atoms with Gasteiger partial charge in [0.25, 0.3) is 0 Å². The summed E-state index contributed by atoms with van der Waals surface area (Å²) in [5.74, 6) is 0.0307. The third-order valence-electron chi connectivity index (χ3n) is 2.92. The Hall–Kier alpha value is -1.63. The number of sulfone groups is 1. The third kappa shape index (κ3) is 3.93. The van der Waals surface area contributed by atoms with E-state index in [0.29, 0.717) is 5.46 Å². The molecule has 2 aromatic rings. The Morgan fingerprint density at radius 2 is 1.35 bits per heavy atom. The van der Waals surface area contributed by atoms with Crippen molar-refractivity contribution in [2.45, 2.75) is 5.75 Å². The average molecular weight is 290 g/mol. The monoisotopic (exact) mass is 290 g/mol. The third-order valence-corrected chi connectivity index (χ3v) is 3.78. The minimum absolute atomic E-state index is 0.0307. The molecule has 0 saturated carbocycles. The smallest absolute Gasteiger partial charge is 0.423 e. The lowest BCUT2D eigenvalue weighted by Gasteiger charge is -2.05. The summed E-state index contributed by atoms with van der Waals surface area (Å²) in [6.45, 7) is 0. The molecule has 2 N–H and O–H groups in total. The van der Waals surface area contributed by atoms with E-state index in [1.54, 1.807) is 36.4 Å². The Balaban J connectivity index is 2.21. The predicted molar refractivity (Wildman–Crippen MR) is 80.3 cm³/mol. The molecule has 0 radical (unpaired) electrons. The van der Waals surface area contributed by atoms with Gasteiger partial charge < -0.3 is 10.0 Å². The number of rotatable bonds is 4. The van der Waals surface area contributed by atoms with Crippen molar-refractivity contribution in [2.24, 2.45) is 0 Å². The van der Waals surface area contributed by atoms with Crippen LogP contribution in [0, 0.1) is 0 Å². The molecule has 0 bridgehead atoms. The molecule has 0 aliphatic rings. The van der Waals surface area contributed by atoms with Crippen LogP contribution in [0.5, 0.6) is 0 Å². The van der Waals surface area contributed by atoms with Gasteiger partial charge in [-0.25, -0.2) is 8.42 Å². The van der Waals surface area contributed by atoms with Crippen LogP contribution in [0.1, 0.15) is 5.56 Å². The van der Waals surface area contributed by atoms with Crippen molar-refractivity contribution < 1.29 is 18.5 Å². The largest absolute Gasteiger partial charge is 0.488 e. The van der Waals surface area contributed by atoms with Crippen LogP contribution in [0.15, 0.2) is 48.5 Å². The van der Waals surface area contributed by atoms with E-state index in [0.717, 1.165) is 16.7 Å². The highest BCUT2D eigenvalue weighted by Gasteiger charge is 2.10. The molecule has 4 nitrogen and oxygen atoms in total. The highest BCUT2D eigenvalue weighted by Crippen LogP contribution is 2.19. The van der Waals surface area contributed by atoms with Crippen LogP contribution in [0.4, 0.5) is 0 Å². The topological polar surface area (TPSA) is 74.6 Å². The molecular weight excluding hydrogens is 275 g/mol. The van der Waals surface area contributed by atoms with Crippen LogP contribution in [-0.4, -0.2) is 31.8 Å². The maximum atomic E-state index is 11.2. The van der Waals surface area contributed by atoms with Gasteiger partial charge in [0, 0.05) is 6.26 Å². The molecule has 0 atom stereocenters. The lowest BCUT2D eigenvalue weighted by atomic mass is 9.80. The van der Waals surface area contributed by atoms with Crippen LogP contribution in [0.2, 0.25) is 0 Å². The van der Waals surface area contributed by atoms with Crippen LogP contribution < -0.4 is 5.46 Å². The lowest BCUT2D eigenvalue weighted by Crippen LogP contribution is -2.29. The number of hydrogen-bond acceptors (Lipinski definition) is 4. The highest BCUT2D eigenvalue weighted by molar-refractivity contribution is 7.89. The number of hydrogen-bond donors (Lipinski definition) is 2. The van der Waals surface area contributed by atoms with Crippen LogP contribution >= 0.6 is 0 Å². The summed E-state index contributed by atoms with van der Waals surface area (Å²) >= 11 is 0. The van der Waals surface area contributed by atoms with Crippen molar-refractivity contribution in [3.8, 4) is 11.1 Å². The van der Waals surface area contributed by atoms with Gasteiger partial charge in [0.05, 0.1) is 5.75 Å². The molecule has 0 fully saturated rings. The van der Waals surface area contributed by atoms with Gasteiger partial charge in [0.2, 0.25) is 0 Å². The first kappa shape index (κ1) is 14.8. The summed E-state index contributed by atoms with van der Waals surface area (Å²) in [7, 11) is -4.50. The van der Waals surface area contributed by atoms with Crippen molar-refractivity contribution in [3.05, 3.63) is 54.1 Å². The van der Waals surface area contributed by atoms with Gasteiger partial charge >= 0.3 is 7.12 Å². The summed E-state index contributed by atoms with van der Waals surface area (Å²) < 4.78 is 22.4. The van der Waals surface area contributed by atoms with E-state index in [1.165, 1.54) is 6.26 Å². The first-order valence-corrected chi connectivity index (χ1v) is 8.14. The first-order valence-electron chi connectivity index (χ1n) is 6.08. The van der Waals surface area contributed by atoms with Gasteiger partial charge in [-0.1, -0.05) is 48.5 Å². The molecule has 104 valence electrons. The molecule has 0 saturated heterocycles. The van der Waals surface area contributed by atoms with Crippen LogP contribution in [0.3, 0.4) is 0 Å². The lowest BCUT2D eigenvalue weighted by molar-refractivity contribution is 0.426. The Kier molecular flexibility index (Phi) is 4.28. The van der Waals surface area contributed by atoms with E-state index in [4.69, 9.17) is 10.0 Å². The SMILES string of the molecule is CS(=O)(=O)Cc1ccc(-c2ccc(B(O)O)cc2)cc1. The fourth-order valence-corrected chi connectivity index (χ4v) is 2.74. The maximum Gasteiger partial charge on any atom is 0.488 e. The maximum absolute atomic E-state index is 11.2. The van der Waals surface area contributed by atoms with Gasteiger partial charge in [-0.3, -0.25) is 0 Å². The molecule has 0 aromatic heterocycles. The van der Waals surface area contributed by atoms with Gasteiger partial charge in [0.1, 0.15) is 0 Å². The van der Waals surface area contributed by atoms with E-state index in [1.807, 2.05) is 12.1 Å². The fourth-order valence-electron chi connectivity index (χ4n) is 1.94. The second kappa shape index (κ2) is 5.79. The predicted octanol–water partition coefficient (Wildman–Crippen LogP) is 0.578. The first-order chi connectivity index (χ1) is 9.35. The minimum Gasteiger partial charge on any atom is -0.423 e. The van der Waals surface area contributed by atoms with Crippen molar-refractivity contribution in [1.82, 2.24) is 0 Å². The van der Waals surface area contributed by atoms with Gasteiger partial charge in [0.15, 0.2) is 9.84 Å². The molecule has 0 amide bonds. The molecule has 0 aliphatic carbocycles. The average Bonchev–Trinajstić information content (AvgIpc) is 2.38. The second-order valence-corrected chi connectivity index (χ2v) is 6.90. The van der Waals surface area contributed by atoms with E-state index in [2.05, 4.69) is 0 Å². The van der Waals surface area contributed by atoms with E-state index >= 15 is 0 Å². The zero-order chi connectivity index (χ0) is 14.8. The molecule has 0 heterocycles. The van der Waals surface area contributed by atoms with E-state index in [-0.39, 0.29) is 5.75 Å².